The maximum Gasteiger partial charge on any atom is 0.145 e. The topological polar surface area (TPSA) is 20.3 Å². The number of hydrogen-bond acceptors (Lipinski definition) is 2. The minimum absolute atomic E-state index is 0.127. The molecule has 3 aliphatic rings. The van der Waals surface area contributed by atoms with Gasteiger partial charge in [-0.2, -0.15) is 0 Å². The molecule has 2 bridgehead atoms. The van der Waals surface area contributed by atoms with Gasteiger partial charge in [-0.05, 0) is 80.1 Å². The predicted octanol–water partition coefficient (Wildman–Crippen LogP) is 5.30. The molecule has 3 aliphatic carbocycles. The number of terminal acetylenes is 1. The van der Waals surface area contributed by atoms with E-state index in [9.17, 15) is 4.79 Å². The van der Waals surface area contributed by atoms with Crippen LogP contribution in [0.5, 0.6) is 0 Å². The van der Waals surface area contributed by atoms with Crippen molar-refractivity contribution in [3.63, 3.8) is 0 Å². The molecule has 0 spiro atoms. The molecule has 3 atom stereocenters. The van der Waals surface area contributed by atoms with Crippen molar-refractivity contribution in [1.82, 2.24) is 4.90 Å². The van der Waals surface area contributed by atoms with E-state index in [2.05, 4.69) is 67.4 Å². The Hall–Kier alpha value is -2.63. The molecule has 2 saturated carbocycles. The zero-order valence-corrected chi connectivity index (χ0v) is 18.7. The van der Waals surface area contributed by atoms with Gasteiger partial charge in [0.1, 0.15) is 5.78 Å². The molecule has 0 aliphatic heterocycles. The van der Waals surface area contributed by atoms with Crippen molar-refractivity contribution >= 4 is 11.4 Å². The fraction of sp³-hybridized carbons (Fsp3) is 0.414. The van der Waals surface area contributed by atoms with Crippen LogP contribution >= 0.6 is 0 Å². The molecule has 158 valence electrons. The summed E-state index contributed by atoms with van der Waals surface area (Å²) < 4.78 is 0. The zero-order valence-electron chi connectivity index (χ0n) is 18.7. The van der Waals surface area contributed by atoms with Gasteiger partial charge in [0.05, 0.1) is 11.0 Å². The fourth-order valence-electron chi connectivity index (χ4n) is 6.60. The number of likely N-dealkylation sites (N-methyl/N-ethyl adjacent to an activating group) is 1. The van der Waals surface area contributed by atoms with Gasteiger partial charge in [0, 0.05) is 12.0 Å². The van der Waals surface area contributed by atoms with E-state index in [0.29, 0.717) is 18.1 Å². The lowest BCUT2D eigenvalue weighted by molar-refractivity contribution is -0.125. The van der Waals surface area contributed by atoms with Crippen LogP contribution in [-0.4, -0.2) is 30.3 Å². The van der Waals surface area contributed by atoms with Gasteiger partial charge in [-0.3, -0.25) is 9.69 Å². The first-order valence-electron chi connectivity index (χ1n) is 11.6. The average molecular weight is 410 g/mol. The summed E-state index contributed by atoms with van der Waals surface area (Å²) in [5.41, 5.74) is 5.93. The quantitative estimate of drug-likeness (QED) is 0.625. The third-order valence-corrected chi connectivity index (χ3v) is 8.23. The molecule has 0 heterocycles. The van der Waals surface area contributed by atoms with Gasteiger partial charge >= 0.3 is 0 Å². The Morgan fingerprint density at radius 1 is 1.00 bits per heavy atom. The van der Waals surface area contributed by atoms with Crippen molar-refractivity contribution in [3.8, 4) is 12.3 Å². The molecule has 31 heavy (non-hydrogen) atoms. The summed E-state index contributed by atoms with van der Waals surface area (Å²) >= 11 is 0. The summed E-state index contributed by atoms with van der Waals surface area (Å²) in [4.78, 5) is 15.5. The second kappa shape index (κ2) is 7.50. The minimum atomic E-state index is -0.207. The van der Waals surface area contributed by atoms with Crippen LogP contribution in [0.4, 0.5) is 0 Å². The van der Waals surface area contributed by atoms with E-state index < -0.39 is 0 Å². The van der Waals surface area contributed by atoms with Crippen LogP contribution in [0, 0.1) is 23.7 Å². The van der Waals surface area contributed by atoms with Crippen molar-refractivity contribution in [2.75, 3.05) is 14.1 Å². The van der Waals surface area contributed by atoms with Crippen molar-refractivity contribution in [2.45, 2.75) is 50.5 Å². The molecule has 0 radical (unpaired) electrons. The second-order valence-electron chi connectivity index (χ2n) is 9.85. The number of Topliss-reactive ketones (excluding diaryl/α,β-unsaturated/α-hetero) is 1. The first kappa shape index (κ1) is 20.3. The van der Waals surface area contributed by atoms with Crippen LogP contribution in [0.2, 0.25) is 0 Å². The molecule has 0 saturated heterocycles. The molecule has 0 amide bonds. The lowest BCUT2D eigenvalue weighted by Crippen LogP contribution is -2.48. The number of ketones is 1. The Labute approximate surface area is 186 Å². The van der Waals surface area contributed by atoms with Crippen LogP contribution in [0.1, 0.15) is 54.4 Å². The van der Waals surface area contributed by atoms with E-state index in [4.69, 9.17) is 6.42 Å². The Kier molecular flexibility index (Phi) is 4.91. The summed E-state index contributed by atoms with van der Waals surface area (Å²) in [6, 6.07) is 17.4. The van der Waals surface area contributed by atoms with E-state index in [1.807, 2.05) is 12.1 Å². The fourth-order valence-corrected chi connectivity index (χ4v) is 6.60. The molecule has 0 N–H and O–H groups in total. The number of rotatable bonds is 5. The molecule has 2 aromatic carbocycles. The third kappa shape index (κ3) is 3.02. The SMILES string of the molecule is C#Cc1ccc(CCc2ccc(C3=C[C@]45CCCC[C@H]4[C@@]3(N(C)C)CC5=O)cc2)cc1. The Morgan fingerprint density at radius 3 is 2.26 bits per heavy atom. The van der Waals surface area contributed by atoms with E-state index >= 15 is 0 Å². The van der Waals surface area contributed by atoms with Gasteiger partial charge < -0.3 is 0 Å². The Balaban J connectivity index is 1.39. The largest absolute Gasteiger partial charge is 0.299 e. The molecule has 5 rings (SSSR count). The summed E-state index contributed by atoms with van der Waals surface area (Å²) in [6.07, 6.45) is 15.1. The third-order valence-electron chi connectivity index (χ3n) is 8.23. The highest BCUT2D eigenvalue weighted by molar-refractivity contribution is 6.01. The average Bonchev–Trinajstić information content (AvgIpc) is 3.25. The molecular formula is C29H31NO. The van der Waals surface area contributed by atoms with E-state index in [0.717, 1.165) is 24.8 Å². The van der Waals surface area contributed by atoms with Gasteiger partial charge in [0.15, 0.2) is 0 Å². The van der Waals surface area contributed by atoms with Crippen molar-refractivity contribution in [1.29, 1.82) is 0 Å². The van der Waals surface area contributed by atoms with Crippen LogP contribution in [0.15, 0.2) is 54.6 Å². The molecule has 2 aromatic rings. The molecule has 2 heteroatoms. The van der Waals surface area contributed by atoms with Crippen LogP contribution in [-0.2, 0) is 17.6 Å². The molecule has 0 unspecified atom stereocenters. The number of hydrogen-bond donors (Lipinski definition) is 0. The number of allylic oxidation sites excluding steroid dienone is 1. The van der Waals surface area contributed by atoms with Crippen LogP contribution in [0.3, 0.4) is 0 Å². The lowest BCUT2D eigenvalue weighted by Gasteiger charge is -2.43. The van der Waals surface area contributed by atoms with E-state index in [1.54, 1.807) is 0 Å². The maximum absolute atomic E-state index is 13.1. The van der Waals surface area contributed by atoms with Crippen LogP contribution < -0.4 is 0 Å². The van der Waals surface area contributed by atoms with Crippen LogP contribution in [0.25, 0.3) is 5.57 Å². The van der Waals surface area contributed by atoms with E-state index in [-0.39, 0.29) is 11.0 Å². The number of nitrogens with zero attached hydrogens (tertiary/aromatic N) is 1. The highest BCUT2D eigenvalue weighted by Gasteiger charge is 2.68. The smallest absolute Gasteiger partial charge is 0.145 e. The minimum Gasteiger partial charge on any atom is -0.299 e. The van der Waals surface area contributed by atoms with Crippen molar-refractivity contribution < 1.29 is 4.79 Å². The first-order valence-corrected chi connectivity index (χ1v) is 11.6. The Bertz CT molecular complexity index is 1070. The monoisotopic (exact) mass is 409 g/mol. The van der Waals surface area contributed by atoms with Gasteiger partial charge in [0.25, 0.3) is 0 Å². The molecule has 0 aromatic heterocycles. The van der Waals surface area contributed by atoms with Gasteiger partial charge in [0.2, 0.25) is 0 Å². The summed E-state index contributed by atoms with van der Waals surface area (Å²) in [6.45, 7) is 0. The summed E-state index contributed by atoms with van der Waals surface area (Å²) in [5.74, 6) is 3.59. The Morgan fingerprint density at radius 2 is 1.65 bits per heavy atom. The number of carbonyl (C=O) groups excluding carboxylic acids is 1. The standard InChI is InChI=1S/C29H31NO/c1-4-21-8-10-22(11-9-21)12-13-23-14-16-24(17-15-23)25-19-28-18-6-5-7-26(28)29(25,30(2)3)20-27(28)31/h1,8-11,14-17,19,26H,5-7,12-13,18,20H2,2-3H3/t26-,28-,29-/m1/s1. The second-order valence-corrected chi connectivity index (χ2v) is 9.85. The molecular weight excluding hydrogens is 378 g/mol. The van der Waals surface area contributed by atoms with Crippen molar-refractivity contribution in [2.24, 2.45) is 11.3 Å². The lowest BCUT2D eigenvalue weighted by atomic mass is 9.68. The normalized spacial score (nSPS) is 29.0. The van der Waals surface area contributed by atoms with Gasteiger partial charge in [-0.1, -0.05) is 61.2 Å². The maximum atomic E-state index is 13.1. The zero-order chi connectivity index (χ0) is 21.6. The number of carbonyl (C=O) groups is 1. The molecule has 2 fully saturated rings. The number of benzene rings is 2. The molecule has 2 nitrogen and oxygen atoms in total. The van der Waals surface area contributed by atoms with Gasteiger partial charge in [-0.15, -0.1) is 6.42 Å². The highest BCUT2D eigenvalue weighted by Crippen LogP contribution is 2.66. The van der Waals surface area contributed by atoms with Crippen molar-refractivity contribution in [3.05, 3.63) is 76.9 Å². The van der Waals surface area contributed by atoms with Gasteiger partial charge in [-0.25, -0.2) is 0 Å². The number of aryl methyl sites for hydroxylation is 2. The first-order chi connectivity index (χ1) is 15.0. The summed E-state index contributed by atoms with van der Waals surface area (Å²) in [7, 11) is 4.33. The van der Waals surface area contributed by atoms with E-state index in [1.165, 1.54) is 41.5 Å². The highest BCUT2D eigenvalue weighted by atomic mass is 16.1. The summed E-state index contributed by atoms with van der Waals surface area (Å²) in [5, 5.41) is 0. The predicted molar refractivity (Wildman–Crippen MR) is 127 cm³/mol.